The first-order chi connectivity index (χ1) is 18.6. The highest BCUT2D eigenvalue weighted by molar-refractivity contribution is 9.10. The topological polar surface area (TPSA) is 103 Å². The van der Waals surface area contributed by atoms with Crippen LogP contribution < -0.4 is 5.32 Å². The van der Waals surface area contributed by atoms with E-state index >= 15 is 0 Å². The van der Waals surface area contributed by atoms with Gasteiger partial charge in [-0.1, -0.05) is 57.3 Å². The highest BCUT2D eigenvalue weighted by atomic mass is 79.9. The van der Waals surface area contributed by atoms with E-state index in [2.05, 4.69) is 21.2 Å². The van der Waals surface area contributed by atoms with Crippen LogP contribution in [0.4, 0.5) is 5.69 Å². The molecule has 7 nitrogen and oxygen atoms in total. The fraction of sp³-hybridized carbons (Fsp3) is 0.0714. The third-order valence-electron chi connectivity index (χ3n) is 5.47. The van der Waals surface area contributed by atoms with E-state index in [-0.39, 0.29) is 29.3 Å². The summed E-state index contributed by atoms with van der Waals surface area (Å²) in [6.45, 7) is -0.0555. The minimum atomic E-state index is -3.95. The van der Waals surface area contributed by atoms with Crippen LogP contribution in [0.15, 0.2) is 104 Å². The second-order valence-electron chi connectivity index (χ2n) is 8.29. The predicted octanol–water partition coefficient (Wildman–Crippen LogP) is 7.29. The lowest BCUT2D eigenvalue weighted by Crippen LogP contribution is -2.30. The van der Waals surface area contributed by atoms with E-state index < -0.39 is 15.9 Å². The summed E-state index contributed by atoms with van der Waals surface area (Å²) in [5, 5.41) is 13.1. The van der Waals surface area contributed by atoms with Crippen LogP contribution in [0.25, 0.3) is 6.08 Å². The maximum absolute atomic E-state index is 13.5. The van der Waals surface area contributed by atoms with Gasteiger partial charge in [0.25, 0.3) is 5.91 Å². The van der Waals surface area contributed by atoms with Crippen LogP contribution in [0.5, 0.6) is 0 Å². The van der Waals surface area contributed by atoms with E-state index in [0.717, 1.165) is 10.0 Å². The fourth-order valence-electron chi connectivity index (χ4n) is 3.56. The number of hydrogen-bond acceptors (Lipinski definition) is 5. The van der Waals surface area contributed by atoms with Crippen molar-refractivity contribution in [2.24, 2.45) is 0 Å². The SMILES string of the molecule is N#C/C(=C/c1ccc(CN(Cc2ccc(Cl)cc2)S(=O)(=O)c2ccc(Cl)cc2)o1)C(=O)Nc1cccc(Br)c1. The lowest BCUT2D eigenvalue weighted by molar-refractivity contribution is -0.112. The van der Waals surface area contributed by atoms with Crippen LogP contribution in [-0.4, -0.2) is 18.6 Å². The van der Waals surface area contributed by atoms with Crippen molar-refractivity contribution in [1.29, 1.82) is 5.26 Å². The van der Waals surface area contributed by atoms with Crippen LogP contribution in [0.1, 0.15) is 17.1 Å². The summed E-state index contributed by atoms with van der Waals surface area (Å²) in [5.74, 6) is -0.0676. The highest BCUT2D eigenvalue weighted by Crippen LogP contribution is 2.25. The van der Waals surface area contributed by atoms with Crippen molar-refractivity contribution in [3.63, 3.8) is 0 Å². The molecule has 0 bridgehead atoms. The first kappa shape index (κ1) is 28.6. The Morgan fingerprint density at radius 2 is 1.64 bits per heavy atom. The molecule has 1 amide bonds. The Bertz CT molecular complexity index is 1660. The van der Waals surface area contributed by atoms with Crippen LogP contribution >= 0.6 is 39.1 Å². The molecule has 0 atom stereocenters. The quantitative estimate of drug-likeness (QED) is 0.152. The van der Waals surface area contributed by atoms with Gasteiger partial charge in [0.2, 0.25) is 10.0 Å². The minimum absolute atomic E-state index is 0.0481. The van der Waals surface area contributed by atoms with Gasteiger partial charge in [-0.2, -0.15) is 9.57 Å². The second kappa shape index (κ2) is 12.6. The Balaban J connectivity index is 1.58. The van der Waals surface area contributed by atoms with Crippen LogP contribution in [0, 0.1) is 11.3 Å². The normalized spacial score (nSPS) is 11.8. The second-order valence-corrected chi connectivity index (χ2v) is 12.0. The smallest absolute Gasteiger partial charge is 0.266 e. The highest BCUT2D eigenvalue weighted by Gasteiger charge is 2.26. The molecule has 0 aliphatic heterocycles. The largest absolute Gasteiger partial charge is 0.460 e. The lowest BCUT2D eigenvalue weighted by atomic mass is 10.2. The number of nitriles is 1. The van der Waals surface area contributed by atoms with E-state index in [4.69, 9.17) is 27.6 Å². The Morgan fingerprint density at radius 1 is 0.974 bits per heavy atom. The number of nitrogens with one attached hydrogen (secondary N) is 1. The molecule has 0 unspecified atom stereocenters. The van der Waals surface area contributed by atoms with Crippen molar-refractivity contribution in [3.05, 3.63) is 122 Å². The number of hydrogen-bond donors (Lipinski definition) is 1. The molecule has 0 aliphatic rings. The summed E-state index contributed by atoms with van der Waals surface area (Å²) in [4.78, 5) is 12.7. The van der Waals surface area contributed by atoms with Gasteiger partial charge in [-0.05, 0) is 72.3 Å². The molecular weight excluding hydrogens is 625 g/mol. The summed E-state index contributed by atoms with van der Waals surface area (Å²) in [6.07, 6.45) is 1.30. The molecule has 0 radical (unpaired) electrons. The summed E-state index contributed by atoms with van der Waals surface area (Å²) in [5.41, 5.74) is 1.06. The third-order valence-corrected chi connectivity index (χ3v) is 8.28. The molecule has 1 aromatic heterocycles. The lowest BCUT2D eigenvalue weighted by Gasteiger charge is -2.21. The molecule has 4 rings (SSSR count). The van der Waals surface area contributed by atoms with Crippen molar-refractivity contribution in [2.75, 3.05) is 5.32 Å². The Morgan fingerprint density at radius 3 is 2.28 bits per heavy atom. The maximum atomic E-state index is 13.5. The zero-order valence-electron chi connectivity index (χ0n) is 20.1. The van der Waals surface area contributed by atoms with Gasteiger partial charge in [0.1, 0.15) is 23.2 Å². The molecule has 0 saturated carbocycles. The number of amides is 1. The average Bonchev–Trinajstić information content (AvgIpc) is 3.35. The van der Waals surface area contributed by atoms with Gasteiger partial charge in [-0.25, -0.2) is 8.42 Å². The summed E-state index contributed by atoms with van der Waals surface area (Å²) in [6, 6.07) is 24.7. The van der Waals surface area contributed by atoms with E-state index in [9.17, 15) is 18.5 Å². The monoisotopic (exact) mass is 643 g/mol. The minimum Gasteiger partial charge on any atom is -0.460 e. The molecule has 0 fully saturated rings. The molecule has 1 heterocycles. The van der Waals surface area contributed by atoms with E-state index in [0.29, 0.717) is 21.5 Å². The molecule has 0 aliphatic carbocycles. The Hall–Kier alpha value is -3.39. The van der Waals surface area contributed by atoms with E-state index in [1.165, 1.54) is 34.6 Å². The summed E-state index contributed by atoms with van der Waals surface area (Å²) >= 11 is 15.3. The number of benzene rings is 3. The van der Waals surface area contributed by atoms with Gasteiger partial charge in [-0.3, -0.25) is 4.79 Å². The maximum Gasteiger partial charge on any atom is 0.266 e. The number of anilines is 1. The molecule has 198 valence electrons. The fourth-order valence-corrected chi connectivity index (χ4v) is 5.61. The Kier molecular flexibility index (Phi) is 9.28. The van der Waals surface area contributed by atoms with Crippen molar-refractivity contribution in [3.8, 4) is 6.07 Å². The molecule has 0 spiro atoms. The number of nitrogens with zero attached hydrogens (tertiary/aromatic N) is 2. The molecule has 0 saturated heterocycles. The molecular formula is C28H20BrCl2N3O4S. The number of furan rings is 1. The van der Waals surface area contributed by atoms with Crippen molar-refractivity contribution in [1.82, 2.24) is 4.31 Å². The molecule has 4 aromatic rings. The van der Waals surface area contributed by atoms with Crippen LogP contribution in [0.2, 0.25) is 10.0 Å². The average molecular weight is 645 g/mol. The number of carbonyl (C=O) groups is 1. The van der Waals surface area contributed by atoms with Gasteiger partial charge in [-0.15, -0.1) is 0 Å². The van der Waals surface area contributed by atoms with Crippen LogP contribution in [-0.2, 0) is 27.9 Å². The van der Waals surface area contributed by atoms with Gasteiger partial charge < -0.3 is 9.73 Å². The number of rotatable bonds is 9. The van der Waals surface area contributed by atoms with Crippen LogP contribution in [0.3, 0.4) is 0 Å². The van der Waals surface area contributed by atoms with E-state index in [1.807, 2.05) is 12.1 Å². The zero-order chi connectivity index (χ0) is 28.0. The Labute approximate surface area is 244 Å². The summed E-state index contributed by atoms with van der Waals surface area (Å²) in [7, 11) is -3.95. The predicted molar refractivity (Wildman–Crippen MR) is 154 cm³/mol. The number of halogens is 3. The van der Waals surface area contributed by atoms with Gasteiger partial charge in [0, 0.05) is 32.8 Å². The van der Waals surface area contributed by atoms with Gasteiger partial charge in [0.15, 0.2) is 0 Å². The van der Waals surface area contributed by atoms with Gasteiger partial charge in [0.05, 0.1) is 11.4 Å². The van der Waals surface area contributed by atoms with Crippen molar-refractivity contribution < 1.29 is 17.6 Å². The molecule has 3 aromatic carbocycles. The summed E-state index contributed by atoms with van der Waals surface area (Å²) < 4.78 is 34.9. The molecule has 11 heteroatoms. The first-order valence-corrected chi connectivity index (χ1v) is 14.4. The van der Waals surface area contributed by atoms with Crippen molar-refractivity contribution in [2.45, 2.75) is 18.0 Å². The van der Waals surface area contributed by atoms with Gasteiger partial charge >= 0.3 is 0 Å². The standard InChI is InChI=1S/C28H20BrCl2N3O4S/c29-21-2-1-3-24(15-21)33-28(35)20(16-32)14-25-10-11-26(38-25)18-34(17-19-4-6-22(30)7-5-19)39(36,37)27-12-8-23(31)9-13-27/h1-15H,17-18H2,(H,33,35)/b20-14-. The zero-order valence-corrected chi connectivity index (χ0v) is 24.1. The number of carbonyl (C=O) groups excluding carboxylic acids is 1. The first-order valence-electron chi connectivity index (χ1n) is 11.4. The molecule has 1 N–H and O–H groups in total. The third kappa shape index (κ3) is 7.60. The van der Waals surface area contributed by atoms with E-state index in [1.54, 1.807) is 54.6 Å². The number of sulfonamides is 1. The van der Waals surface area contributed by atoms with Crippen molar-refractivity contribution >= 4 is 66.8 Å². The molecule has 39 heavy (non-hydrogen) atoms.